The first-order valence-corrected chi connectivity index (χ1v) is 11.4. The van der Waals surface area contributed by atoms with Crippen LogP contribution in [0.2, 0.25) is 0 Å². The number of nitrogens with zero attached hydrogens (tertiary/aromatic N) is 2. The molecule has 0 unspecified atom stereocenters. The lowest BCUT2D eigenvalue weighted by Gasteiger charge is -2.21. The zero-order valence-corrected chi connectivity index (χ0v) is 17.4. The third-order valence-electron chi connectivity index (χ3n) is 3.32. The lowest BCUT2D eigenvalue weighted by molar-refractivity contribution is -0.119. The summed E-state index contributed by atoms with van der Waals surface area (Å²) in [6.45, 7) is -0.358. The minimum atomic E-state index is -3.61. The summed E-state index contributed by atoms with van der Waals surface area (Å²) in [5, 5.41) is 3.88. The summed E-state index contributed by atoms with van der Waals surface area (Å²) in [6, 6.07) is 14.3. The molecular weight excluding hydrogens is 438 g/mol. The van der Waals surface area contributed by atoms with Crippen molar-refractivity contribution in [2.75, 3.05) is 23.4 Å². The maximum Gasteiger partial charge on any atom is 0.260 e. The second kappa shape index (κ2) is 9.20. The smallest absolute Gasteiger partial charge is 0.260 e. The van der Waals surface area contributed by atoms with E-state index in [0.717, 1.165) is 25.5 Å². The molecule has 6 nitrogen and oxygen atoms in total. The van der Waals surface area contributed by atoms with Gasteiger partial charge in [0.25, 0.3) is 5.91 Å². The molecule has 0 saturated heterocycles. The van der Waals surface area contributed by atoms with Crippen molar-refractivity contribution in [1.29, 1.82) is 0 Å². The molecule has 0 aliphatic carbocycles. The zero-order valence-electron chi connectivity index (χ0n) is 14.2. The van der Waals surface area contributed by atoms with Gasteiger partial charge >= 0.3 is 0 Å². The molecule has 26 heavy (non-hydrogen) atoms. The van der Waals surface area contributed by atoms with Crippen molar-refractivity contribution in [2.45, 2.75) is 4.90 Å². The summed E-state index contributed by atoms with van der Waals surface area (Å²) in [4.78, 5) is 13.2. The summed E-state index contributed by atoms with van der Waals surface area (Å²) in [5.74, 6) is -0.532. The number of thioether (sulfide) groups is 1. The number of rotatable bonds is 7. The van der Waals surface area contributed by atoms with Gasteiger partial charge in [-0.25, -0.2) is 13.8 Å². The van der Waals surface area contributed by atoms with Crippen molar-refractivity contribution in [3.63, 3.8) is 0 Å². The largest absolute Gasteiger partial charge is 0.271 e. The van der Waals surface area contributed by atoms with Crippen molar-refractivity contribution >= 4 is 55.5 Å². The number of halogens is 1. The van der Waals surface area contributed by atoms with Gasteiger partial charge in [-0.2, -0.15) is 5.10 Å². The summed E-state index contributed by atoms with van der Waals surface area (Å²) in [6.07, 6.45) is 4.55. The van der Waals surface area contributed by atoms with E-state index in [1.807, 2.05) is 30.5 Å². The fourth-order valence-electron chi connectivity index (χ4n) is 2.04. The number of nitrogens with one attached hydrogen (secondary N) is 1. The quantitative estimate of drug-likeness (QED) is 0.395. The molecule has 0 aliphatic heterocycles. The molecule has 0 fully saturated rings. The number of amides is 1. The number of carbonyl (C=O) groups excluding carboxylic acids is 1. The highest BCUT2D eigenvalue weighted by molar-refractivity contribution is 9.10. The maximum atomic E-state index is 12.1. The van der Waals surface area contributed by atoms with Crippen LogP contribution in [0.4, 0.5) is 5.69 Å². The van der Waals surface area contributed by atoms with Gasteiger partial charge in [-0.3, -0.25) is 9.10 Å². The minimum Gasteiger partial charge on any atom is -0.271 e. The monoisotopic (exact) mass is 455 g/mol. The molecule has 0 heterocycles. The Balaban J connectivity index is 2.02. The van der Waals surface area contributed by atoms with Crippen LogP contribution in [0.5, 0.6) is 0 Å². The molecule has 0 radical (unpaired) electrons. The predicted octanol–water partition coefficient (Wildman–Crippen LogP) is 3.09. The fraction of sp³-hybridized carbons (Fsp3) is 0.176. The normalized spacial score (nSPS) is 11.5. The van der Waals surface area contributed by atoms with Gasteiger partial charge < -0.3 is 0 Å². The van der Waals surface area contributed by atoms with Gasteiger partial charge in [-0.1, -0.05) is 28.1 Å². The van der Waals surface area contributed by atoms with Gasteiger partial charge in [0, 0.05) is 9.37 Å². The molecule has 2 aromatic carbocycles. The van der Waals surface area contributed by atoms with E-state index < -0.39 is 15.9 Å². The average molecular weight is 456 g/mol. The molecule has 138 valence electrons. The molecule has 0 saturated carbocycles. The SMILES string of the molecule is CSc1ccc(/C=N\NC(=O)CN(c2ccc(Br)cc2)S(C)(=O)=O)cc1. The number of hydrogen-bond acceptors (Lipinski definition) is 5. The van der Waals surface area contributed by atoms with Crippen LogP contribution in [-0.2, 0) is 14.8 Å². The first kappa shape index (κ1) is 20.5. The lowest BCUT2D eigenvalue weighted by Crippen LogP contribution is -2.38. The molecule has 0 spiro atoms. The fourth-order valence-corrected chi connectivity index (χ4v) is 3.57. The van der Waals surface area contributed by atoms with E-state index in [0.29, 0.717) is 5.69 Å². The van der Waals surface area contributed by atoms with Gasteiger partial charge in [0.1, 0.15) is 6.54 Å². The number of carbonyl (C=O) groups is 1. The standard InChI is InChI=1S/C17H18BrN3O3S2/c1-25-16-9-3-13(4-10-16)11-19-20-17(22)12-21(26(2,23)24)15-7-5-14(18)6-8-15/h3-11H,12H2,1-2H3,(H,20,22)/b19-11-. The Labute approximate surface area is 165 Å². The van der Waals surface area contributed by atoms with E-state index in [1.54, 1.807) is 36.0 Å². The Kier molecular flexibility index (Phi) is 7.24. The van der Waals surface area contributed by atoms with Crippen molar-refractivity contribution < 1.29 is 13.2 Å². The van der Waals surface area contributed by atoms with E-state index in [9.17, 15) is 13.2 Å². The summed E-state index contributed by atoms with van der Waals surface area (Å²) >= 11 is 4.93. The highest BCUT2D eigenvalue weighted by Crippen LogP contribution is 2.20. The van der Waals surface area contributed by atoms with Crippen LogP contribution in [-0.4, -0.2) is 39.6 Å². The van der Waals surface area contributed by atoms with Crippen molar-refractivity contribution in [2.24, 2.45) is 5.10 Å². The highest BCUT2D eigenvalue weighted by Gasteiger charge is 2.20. The number of benzene rings is 2. The summed E-state index contributed by atoms with van der Waals surface area (Å²) in [5.41, 5.74) is 3.59. The maximum absolute atomic E-state index is 12.1. The molecule has 0 atom stereocenters. The van der Waals surface area contributed by atoms with Crippen molar-refractivity contribution in [3.05, 3.63) is 58.6 Å². The molecule has 9 heteroatoms. The molecule has 1 amide bonds. The van der Waals surface area contributed by atoms with Gasteiger partial charge in [0.2, 0.25) is 10.0 Å². The van der Waals surface area contributed by atoms with Gasteiger partial charge in [0.15, 0.2) is 0 Å². The second-order valence-corrected chi connectivity index (χ2v) is 9.01. The van der Waals surface area contributed by atoms with Crippen LogP contribution in [0, 0.1) is 0 Å². The van der Waals surface area contributed by atoms with Crippen LogP contribution in [0.3, 0.4) is 0 Å². The van der Waals surface area contributed by atoms with Crippen LogP contribution in [0.25, 0.3) is 0 Å². The number of hydrazone groups is 1. The Morgan fingerprint density at radius 1 is 1.19 bits per heavy atom. The van der Waals surface area contributed by atoms with Gasteiger partial charge in [-0.05, 0) is 48.2 Å². The van der Waals surface area contributed by atoms with Gasteiger partial charge in [0.05, 0.1) is 18.2 Å². The van der Waals surface area contributed by atoms with E-state index in [1.165, 1.54) is 6.21 Å². The van der Waals surface area contributed by atoms with E-state index in [-0.39, 0.29) is 6.54 Å². The van der Waals surface area contributed by atoms with Crippen LogP contribution in [0.15, 0.2) is 63.0 Å². The summed E-state index contributed by atoms with van der Waals surface area (Å²) < 4.78 is 25.8. The Morgan fingerprint density at radius 2 is 1.81 bits per heavy atom. The molecule has 2 aromatic rings. The van der Waals surface area contributed by atoms with Gasteiger partial charge in [-0.15, -0.1) is 11.8 Å². The van der Waals surface area contributed by atoms with E-state index >= 15 is 0 Å². The summed E-state index contributed by atoms with van der Waals surface area (Å²) in [7, 11) is -3.61. The molecule has 1 N–H and O–H groups in total. The van der Waals surface area contributed by atoms with E-state index in [2.05, 4.69) is 26.5 Å². The highest BCUT2D eigenvalue weighted by atomic mass is 79.9. The first-order valence-electron chi connectivity index (χ1n) is 7.49. The molecule has 2 rings (SSSR count). The predicted molar refractivity (Wildman–Crippen MR) is 110 cm³/mol. The minimum absolute atomic E-state index is 0.358. The third-order valence-corrected chi connectivity index (χ3v) is 5.73. The molecule has 0 bridgehead atoms. The lowest BCUT2D eigenvalue weighted by atomic mass is 10.2. The van der Waals surface area contributed by atoms with Crippen molar-refractivity contribution in [1.82, 2.24) is 5.43 Å². The number of hydrogen-bond donors (Lipinski definition) is 1. The Morgan fingerprint density at radius 3 is 2.35 bits per heavy atom. The van der Waals surface area contributed by atoms with Crippen LogP contribution in [0.1, 0.15) is 5.56 Å². The van der Waals surface area contributed by atoms with E-state index in [4.69, 9.17) is 0 Å². The average Bonchev–Trinajstić information content (AvgIpc) is 2.60. The Bertz CT molecular complexity index is 882. The van der Waals surface area contributed by atoms with Crippen molar-refractivity contribution in [3.8, 4) is 0 Å². The molecule has 0 aromatic heterocycles. The van der Waals surface area contributed by atoms with Crippen LogP contribution >= 0.6 is 27.7 Å². The zero-order chi connectivity index (χ0) is 19.2. The molecular formula is C17H18BrN3O3S2. The number of sulfonamides is 1. The first-order chi connectivity index (χ1) is 12.3. The second-order valence-electron chi connectivity index (χ2n) is 5.31. The topological polar surface area (TPSA) is 78.8 Å². The number of anilines is 1. The third kappa shape index (κ3) is 6.15. The molecule has 0 aliphatic rings. The van der Waals surface area contributed by atoms with Crippen LogP contribution < -0.4 is 9.73 Å². The Hall–Kier alpha value is -1.84.